The molecule has 126 valence electrons. The van der Waals surface area contributed by atoms with Crippen LogP contribution in [-0.4, -0.2) is 0 Å². The molecule has 0 amide bonds. The zero-order valence-corrected chi connectivity index (χ0v) is 14.0. The molecule has 0 bridgehead atoms. The fourth-order valence-corrected chi connectivity index (χ4v) is 3.30. The van der Waals surface area contributed by atoms with Crippen LogP contribution in [0.3, 0.4) is 0 Å². The van der Waals surface area contributed by atoms with E-state index in [2.05, 4.69) is 19.1 Å². The lowest BCUT2D eigenvalue weighted by Crippen LogP contribution is -2.14. The summed E-state index contributed by atoms with van der Waals surface area (Å²) in [5.41, 5.74) is 0.450. The van der Waals surface area contributed by atoms with Crippen molar-refractivity contribution in [3.8, 4) is 5.75 Å². The Labute approximate surface area is 138 Å². The van der Waals surface area contributed by atoms with E-state index in [-0.39, 0.29) is 5.75 Å². The molecule has 1 nitrogen and oxygen atoms in total. The maximum Gasteiger partial charge on any atom is 0.201 e. The summed E-state index contributed by atoms with van der Waals surface area (Å²) in [5.74, 6) is -0.394. The smallest absolute Gasteiger partial charge is 0.201 e. The molecule has 0 aromatic heterocycles. The maximum absolute atomic E-state index is 14.1. The predicted octanol–water partition coefficient (Wildman–Crippen LogP) is 6.19. The van der Waals surface area contributed by atoms with E-state index in [1.807, 2.05) is 0 Å². The Morgan fingerprint density at radius 3 is 2.43 bits per heavy atom. The monoisotopic (exact) mass is 320 g/mol. The molecular formula is C20H26F2O. The van der Waals surface area contributed by atoms with Gasteiger partial charge in [-0.25, -0.2) is 4.39 Å². The second-order valence-electron chi connectivity index (χ2n) is 6.28. The van der Waals surface area contributed by atoms with E-state index in [0.717, 1.165) is 6.42 Å². The summed E-state index contributed by atoms with van der Waals surface area (Å²) in [6, 6.07) is 3.15. The molecule has 3 heteroatoms. The van der Waals surface area contributed by atoms with E-state index in [0.29, 0.717) is 23.8 Å². The van der Waals surface area contributed by atoms with Gasteiger partial charge in [0.2, 0.25) is 5.82 Å². The van der Waals surface area contributed by atoms with Crippen molar-refractivity contribution in [2.75, 3.05) is 0 Å². The van der Waals surface area contributed by atoms with E-state index >= 15 is 0 Å². The standard InChI is InChI=1S/C20H26F2O/c1-3-5-15-6-8-16(9-7-15)10-11-17-12-13-18(23-14-4-2)20(22)19(17)21/h3-5,12-16H,6-11H2,1-2H3. The van der Waals surface area contributed by atoms with Crippen molar-refractivity contribution in [3.05, 3.63) is 53.8 Å². The van der Waals surface area contributed by atoms with Gasteiger partial charge in [-0.15, -0.1) is 0 Å². The largest absolute Gasteiger partial charge is 0.462 e. The number of hydrogen-bond donors (Lipinski definition) is 0. The third-order valence-electron chi connectivity index (χ3n) is 4.64. The van der Waals surface area contributed by atoms with Crippen molar-refractivity contribution in [1.82, 2.24) is 0 Å². The van der Waals surface area contributed by atoms with Gasteiger partial charge in [0, 0.05) is 0 Å². The van der Waals surface area contributed by atoms with Crippen molar-refractivity contribution >= 4 is 0 Å². The van der Waals surface area contributed by atoms with Crippen LogP contribution in [0.1, 0.15) is 51.5 Å². The van der Waals surface area contributed by atoms with Gasteiger partial charge in [-0.05, 0) is 75.8 Å². The summed E-state index contributed by atoms with van der Waals surface area (Å²) in [6.45, 7) is 3.82. The molecule has 1 aliphatic rings. The number of hydrogen-bond acceptors (Lipinski definition) is 1. The second-order valence-corrected chi connectivity index (χ2v) is 6.28. The Morgan fingerprint density at radius 2 is 1.78 bits per heavy atom. The molecule has 1 fully saturated rings. The lowest BCUT2D eigenvalue weighted by Gasteiger charge is -2.26. The Morgan fingerprint density at radius 1 is 1.04 bits per heavy atom. The average molecular weight is 320 g/mol. The number of allylic oxidation sites excluding steroid dienone is 3. The highest BCUT2D eigenvalue weighted by Crippen LogP contribution is 2.33. The van der Waals surface area contributed by atoms with Crippen LogP contribution in [0.4, 0.5) is 8.78 Å². The number of ether oxygens (including phenoxy) is 1. The quantitative estimate of drug-likeness (QED) is 0.448. The molecule has 2 rings (SSSR count). The van der Waals surface area contributed by atoms with Crippen LogP contribution >= 0.6 is 0 Å². The van der Waals surface area contributed by atoms with Crippen LogP contribution in [0, 0.1) is 23.5 Å². The highest BCUT2D eigenvalue weighted by Gasteiger charge is 2.20. The van der Waals surface area contributed by atoms with Gasteiger partial charge < -0.3 is 4.74 Å². The molecule has 1 aromatic rings. The minimum atomic E-state index is -0.891. The molecule has 1 aliphatic carbocycles. The van der Waals surface area contributed by atoms with E-state index in [9.17, 15) is 8.78 Å². The fraction of sp³-hybridized carbons (Fsp3) is 0.500. The lowest BCUT2D eigenvalue weighted by atomic mass is 9.79. The molecule has 0 unspecified atom stereocenters. The first-order valence-corrected chi connectivity index (χ1v) is 8.53. The van der Waals surface area contributed by atoms with E-state index in [1.54, 1.807) is 19.1 Å². The van der Waals surface area contributed by atoms with Gasteiger partial charge in [0.05, 0.1) is 6.26 Å². The number of rotatable bonds is 6. The Hall–Kier alpha value is -1.64. The molecule has 1 aromatic carbocycles. The summed E-state index contributed by atoms with van der Waals surface area (Å²) in [6.07, 6.45) is 13.7. The molecule has 1 saturated carbocycles. The van der Waals surface area contributed by atoms with Crippen LogP contribution in [0.5, 0.6) is 5.75 Å². The minimum absolute atomic E-state index is 0.0591. The Bertz CT molecular complexity index is 555. The van der Waals surface area contributed by atoms with Crippen LogP contribution in [0.15, 0.2) is 36.6 Å². The zero-order valence-electron chi connectivity index (χ0n) is 14.0. The van der Waals surface area contributed by atoms with Gasteiger partial charge in [0.25, 0.3) is 0 Å². The fourth-order valence-electron chi connectivity index (χ4n) is 3.30. The van der Waals surface area contributed by atoms with Crippen molar-refractivity contribution in [1.29, 1.82) is 0 Å². The van der Waals surface area contributed by atoms with Crippen molar-refractivity contribution in [2.24, 2.45) is 11.8 Å². The Balaban J connectivity index is 1.90. The maximum atomic E-state index is 14.1. The van der Waals surface area contributed by atoms with Gasteiger partial charge >= 0.3 is 0 Å². The van der Waals surface area contributed by atoms with Gasteiger partial charge in [0.1, 0.15) is 0 Å². The third-order valence-corrected chi connectivity index (χ3v) is 4.64. The summed E-state index contributed by atoms with van der Waals surface area (Å²) < 4.78 is 33.1. The first-order valence-electron chi connectivity index (χ1n) is 8.53. The lowest BCUT2D eigenvalue weighted by molar-refractivity contribution is 0.294. The third kappa shape index (κ3) is 4.92. The van der Waals surface area contributed by atoms with E-state index < -0.39 is 11.6 Å². The highest BCUT2D eigenvalue weighted by molar-refractivity contribution is 5.31. The van der Waals surface area contributed by atoms with Gasteiger partial charge in [-0.3, -0.25) is 0 Å². The summed E-state index contributed by atoms with van der Waals surface area (Å²) >= 11 is 0. The van der Waals surface area contributed by atoms with E-state index in [1.165, 1.54) is 38.0 Å². The first-order chi connectivity index (χ1) is 11.2. The number of halogens is 2. The van der Waals surface area contributed by atoms with Crippen LogP contribution in [0.25, 0.3) is 0 Å². The van der Waals surface area contributed by atoms with Crippen molar-refractivity contribution in [3.63, 3.8) is 0 Å². The van der Waals surface area contributed by atoms with Gasteiger partial charge in [-0.1, -0.05) is 24.3 Å². The van der Waals surface area contributed by atoms with Crippen LogP contribution in [0.2, 0.25) is 0 Å². The molecule has 0 aliphatic heterocycles. The Kier molecular flexibility index (Phi) is 6.82. The van der Waals surface area contributed by atoms with Crippen LogP contribution < -0.4 is 4.74 Å². The molecular weight excluding hydrogens is 294 g/mol. The van der Waals surface area contributed by atoms with Gasteiger partial charge in [-0.2, -0.15) is 4.39 Å². The number of aryl methyl sites for hydroxylation is 1. The SMILES string of the molecule is CC=COc1ccc(CCC2CCC(C=CC)CC2)c(F)c1F. The summed E-state index contributed by atoms with van der Waals surface area (Å²) in [7, 11) is 0. The second kappa shape index (κ2) is 8.85. The molecule has 0 atom stereocenters. The van der Waals surface area contributed by atoms with Crippen molar-refractivity contribution in [2.45, 2.75) is 52.4 Å². The van der Waals surface area contributed by atoms with Crippen molar-refractivity contribution < 1.29 is 13.5 Å². The summed E-state index contributed by atoms with van der Waals surface area (Å²) in [4.78, 5) is 0. The molecule has 23 heavy (non-hydrogen) atoms. The highest BCUT2D eigenvalue weighted by atomic mass is 19.2. The average Bonchev–Trinajstić information content (AvgIpc) is 2.57. The molecule has 0 spiro atoms. The minimum Gasteiger partial charge on any atom is -0.462 e. The topological polar surface area (TPSA) is 9.23 Å². The summed E-state index contributed by atoms with van der Waals surface area (Å²) in [5, 5.41) is 0. The first kappa shape index (κ1) is 17.7. The molecule has 0 saturated heterocycles. The molecule has 0 radical (unpaired) electrons. The van der Waals surface area contributed by atoms with Crippen LogP contribution in [-0.2, 0) is 6.42 Å². The van der Waals surface area contributed by atoms with Gasteiger partial charge in [0.15, 0.2) is 11.6 Å². The number of benzene rings is 1. The van der Waals surface area contributed by atoms with E-state index in [4.69, 9.17) is 4.74 Å². The zero-order chi connectivity index (χ0) is 16.7. The normalized spacial score (nSPS) is 22.1. The molecule has 0 N–H and O–H groups in total. The molecule has 0 heterocycles. The predicted molar refractivity (Wildman–Crippen MR) is 90.4 cm³/mol.